The van der Waals surface area contributed by atoms with E-state index in [-0.39, 0.29) is 6.61 Å². The van der Waals surface area contributed by atoms with Crippen LogP contribution in [0.15, 0.2) is 17.1 Å². The molecule has 0 radical (unpaired) electrons. The first kappa shape index (κ1) is 18.4. The number of hydrogen-bond acceptors (Lipinski definition) is 2. The Morgan fingerprint density at radius 1 is 1.19 bits per heavy atom. The zero-order valence-electron chi connectivity index (χ0n) is 14.1. The summed E-state index contributed by atoms with van der Waals surface area (Å²) in [4.78, 5) is 4.67. The van der Waals surface area contributed by atoms with Crippen LogP contribution in [-0.4, -0.2) is 48.2 Å². The predicted molar refractivity (Wildman–Crippen MR) is 91.7 cm³/mol. The Kier molecular flexibility index (Phi) is 9.60. The minimum absolute atomic E-state index is 0.278. The van der Waals surface area contributed by atoms with Crippen LogP contribution in [-0.2, 0) is 0 Å². The topological polar surface area (TPSA) is 32.6 Å². The summed E-state index contributed by atoms with van der Waals surface area (Å²) in [6.45, 7) is 7.54. The van der Waals surface area contributed by atoms with Gasteiger partial charge in [0, 0.05) is 6.42 Å². The highest BCUT2D eigenvalue weighted by molar-refractivity contribution is 5.60. The van der Waals surface area contributed by atoms with Crippen molar-refractivity contribution in [3.63, 3.8) is 0 Å². The number of likely N-dealkylation sites (N-methyl/N-ethyl adjacent to an activating group) is 1. The average molecular weight is 295 g/mol. The Balaban J connectivity index is 2.10. The number of aliphatic imine (C=N–C) groups is 1. The number of aliphatic hydroxyl groups excluding tert-OH is 1. The maximum Gasteiger partial charge on any atom is 0.182 e. The predicted octanol–water partition coefficient (Wildman–Crippen LogP) is 3.92. The maximum absolute atomic E-state index is 9.30. The second kappa shape index (κ2) is 11.0. The van der Waals surface area contributed by atoms with Crippen molar-refractivity contribution in [3.8, 4) is 0 Å². The molecule has 1 N–H and O–H groups in total. The van der Waals surface area contributed by atoms with E-state index < -0.39 is 0 Å². The van der Waals surface area contributed by atoms with Crippen LogP contribution in [0.1, 0.15) is 65.2 Å². The molecular weight excluding hydrogens is 260 g/mol. The summed E-state index contributed by atoms with van der Waals surface area (Å²) in [5, 5.41) is 9.30. The van der Waals surface area contributed by atoms with E-state index in [0.29, 0.717) is 6.17 Å². The lowest BCUT2D eigenvalue weighted by Gasteiger charge is -2.37. The molecule has 122 valence electrons. The quantitative estimate of drug-likeness (QED) is 0.330. The zero-order chi connectivity index (χ0) is 15.4. The summed E-state index contributed by atoms with van der Waals surface area (Å²) in [5.41, 5.74) is 0. The van der Waals surface area contributed by atoms with Crippen LogP contribution in [0, 0.1) is 0 Å². The van der Waals surface area contributed by atoms with Gasteiger partial charge in [-0.3, -0.25) is 4.48 Å². The highest BCUT2D eigenvalue weighted by Gasteiger charge is 2.36. The van der Waals surface area contributed by atoms with Gasteiger partial charge in [0.2, 0.25) is 0 Å². The summed E-state index contributed by atoms with van der Waals surface area (Å²) >= 11 is 0. The fourth-order valence-electron chi connectivity index (χ4n) is 3.34. The molecule has 0 saturated heterocycles. The standard InChI is InChI=1S/C18H35N2O/c1-3-5-6-7-8-9-10-11-12-13-18-19-14-15-20(18,4-2)16-17-21/h3,5,14,18,21H,4,6-13,15-17H2,1-2H3/q+1/b5-3+. The van der Waals surface area contributed by atoms with E-state index in [1.807, 2.05) is 0 Å². The number of quaternary nitrogens is 1. The first-order chi connectivity index (χ1) is 10.3. The average Bonchev–Trinajstić information content (AvgIpc) is 2.89. The Bertz CT molecular complexity index is 314. The van der Waals surface area contributed by atoms with Crippen molar-refractivity contribution < 1.29 is 9.59 Å². The third-order valence-corrected chi connectivity index (χ3v) is 4.85. The highest BCUT2D eigenvalue weighted by Crippen LogP contribution is 2.24. The molecule has 3 nitrogen and oxygen atoms in total. The first-order valence-electron chi connectivity index (χ1n) is 8.88. The lowest BCUT2D eigenvalue weighted by molar-refractivity contribution is -0.936. The molecule has 21 heavy (non-hydrogen) atoms. The smallest absolute Gasteiger partial charge is 0.182 e. The lowest BCUT2D eigenvalue weighted by Crippen LogP contribution is -2.53. The number of hydrogen-bond donors (Lipinski definition) is 1. The van der Waals surface area contributed by atoms with E-state index in [2.05, 4.69) is 37.2 Å². The molecule has 1 aliphatic heterocycles. The van der Waals surface area contributed by atoms with Crippen molar-refractivity contribution in [3.05, 3.63) is 12.2 Å². The van der Waals surface area contributed by atoms with Gasteiger partial charge in [0.25, 0.3) is 0 Å². The number of unbranched alkanes of at least 4 members (excludes halogenated alkanes) is 6. The Hall–Kier alpha value is -0.670. The minimum atomic E-state index is 0.278. The van der Waals surface area contributed by atoms with Gasteiger partial charge < -0.3 is 5.11 Å². The first-order valence-corrected chi connectivity index (χ1v) is 8.88. The number of rotatable bonds is 12. The molecule has 1 rings (SSSR count). The zero-order valence-corrected chi connectivity index (χ0v) is 14.1. The van der Waals surface area contributed by atoms with Crippen molar-refractivity contribution in [2.75, 3.05) is 26.2 Å². The van der Waals surface area contributed by atoms with Gasteiger partial charge in [0.05, 0.1) is 19.4 Å². The molecule has 0 aromatic carbocycles. The molecule has 0 fully saturated rings. The molecule has 0 aliphatic carbocycles. The van der Waals surface area contributed by atoms with E-state index in [0.717, 1.165) is 24.1 Å². The lowest BCUT2D eigenvalue weighted by atomic mass is 10.1. The van der Waals surface area contributed by atoms with Crippen molar-refractivity contribution in [2.45, 2.75) is 71.4 Å². The minimum Gasteiger partial charge on any atom is -0.391 e. The molecule has 0 aromatic heterocycles. The molecular formula is C18H35N2O+. The van der Waals surface area contributed by atoms with E-state index in [4.69, 9.17) is 0 Å². The molecule has 2 unspecified atom stereocenters. The van der Waals surface area contributed by atoms with Crippen LogP contribution in [0.25, 0.3) is 0 Å². The van der Waals surface area contributed by atoms with Crippen LogP contribution in [0.5, 0.6) is 0 Å². The molecule has 0 bridgehead atoms. The van der Waals surface area contributed by atoms with Gasteiger partial charge >= 0.3 is 0 Å². The molecule has 0 saturated carbocycles. The van der Waals surface area contributed by atoms with Gasteiger partial charge in [-0.15, -0.1) is 0 Å². The largest absolute Gasteiger partial charge is 0.391 e. The summed E-state index contributed by atoms with van der Waals surface area (Å²) in [6.07, 6.45) is 17.4. The molecule has 3 heteroatoms. The number of allylic oxidation sites excluding steroid dienone is 2. The number of nitrogens with zero attached hydrogens (tertiary/aromatic N) is 2. The molecule has 1 aliphatic rings. The number of aliphatic hydroxyl groups is 1. The van der Waals surface area contributed by atoms with Crippen LogP contribution in [0.3, 0.4) is 0 Å². The van der Waals surface area contributed by atoms with Crippen molar-refractivity contribution >= 4 is 6.21 Å². The second-order valence-electron chi connectivity index (χ2n) is 6.24. The molecule has 0 amide bonds. The SMILES string of the molecule is C/C=C/CCCCCCCCC1N=CC[N+]1(CC)CCO. The fraction of sp³-hybridized carbons (Fsp3) is 0.833. The van der Waals surface area contributed by atoms with Gasteiger partial charge in [-0.2, -0.15) is 0 Å². The van der Waals surface area contributed by atoms with Crippen molar-refractivity contribution in [1.29, 1.82) is 0 Å². The van der Waals surface area contributed by atoms with Gasteiger partial charge in [0.15, 0.2) is 6.17 Å². The summed E-state index contributed by atoms with van der Waals surface area (Å²) in [7, 11) is 0. The van der Waals surface area contributed by atoms with Crippen LogP contribution in [0.2, 0.25) is 0 Å². The normalized spacial score (nSPS) is 25.2. The van der Waals surface area contributed by atoms with Crippen LogP contribution >= 0.6 is 0 Å². The third kappa shape index (κ3) is 6.31. The van der Waals surface area contributed by atoms with E-state index >= 15 is 0 Å². The van der Waals surface area contributed by atoms with Gasteiger partial charge in [-0.25, -0.2) is 4.99 Å². The van der Waals surface area contributed by atoms with Gasteiger partial charge in [-0.1, -0.05) is 37.8 Å². The Labute approximate surface area is 131 Å². The van der Waals surface area contributed by atoms with E-state index in [1.54, 1.807) is 0 Å². The molecule has 0 spiro atoms. The van der Waals surface area contributed by atoms with Crippen molar-refractivity contribution in [1.82, 2.24) is 0 Å². The Morgan fingerprint density at radius 2 is 1.90 bits per heavy atom. The summed E-state index contributed by atoms with van der Waals surface area (Å²) in [5.74, 6) is 0. The molecule has 2 atom stereocenters. The van der Waals surface area contributed by atoms with Gasteiger partial charge in [0.1, 0.15) is 13.1 Å². The summed E-state index contributed by atoms with van der Waals surface area (Å²) < 4.78 is 0.972. The van der Waals surface area contributed by atoms with Crippen molar-refractivity contribution in [2.24, 2.45) is 4.99 Å². The third-order valence-electron chi connectivity index (χ3n) is 4.85. The van der Waals surface area contributed by atoms with Crippen LogP contribution < -0.4 is 0 Å². The second-order valence-corrected chi connectivity index (χ2v) is 6.24. The molecule has 1 heterocycles. The maximum atomic E-state index is 9.30. The Morgan fingerprint density at radius 3 is 2.57 bits per heavy atom. The van der Waals surface area contributed by atoms with E-state index in [1.165, 1.54) is 51.4 Å². The van der Waals surface area contributed by atoms with Gasteiger partial charge in [-0.05, 0) is 33.1 Å². The van der Waals surface area contributed by atoms with Crippen LogP contribution in [0.4, 0.5) is 0 Å². The summed E-state index contributed by atoms with van der Waals surface area (Å²) in [6, 6.07) is 0. The highest BCUT2D eigenvalue weighted by atomic mass is 16.3. The monoisotopic (exact) mass is 295 g/mol. The van der Waals surface area contributed by atoms with E-state index in [9.17, 15) is 5.11 Å². The fourth-order valence-corrected chi connectivity index (χ4v) is 3.34. The molecule has 0 aromatic rings.